The van der Waals surface area contributed by atoms with Crippen molar-refractivity contribution in [2.45, 2.75) is 0 Å². The number of benzene rings is 2. The molecular formula is C16H12BrN3O2. The summed E-state index contributed by atoms with van der Waals surface area (Å²) in [6.45, 7) is -0.0474. The number of carbonyl (C=O) groups excluding carboxylic acids is 1. The van der Waals surface area contributed by atoms with Gasteiger partial charge in [0.2, 0.25) is 0 Å². The van der Waals surface area contributed by atoms with Crippen molar-refractivity contribution in [3.05, 3.63) is 64.1 Å². The summed E-state index contributed by atoms with van der Waals surface area (Å²) in [5.74, 6) is 0.210. The third-order valence-corrected chi connectivity index (χ3v) is 3.39. The molecule has 0 radical (unpaired) electrons. The Morgan fingerprint density at radius 1 is 1.27 bits per heavy atom. The number of halogens is 1. The first kappa shape index (κ1) is 15.7. The Morgan fingerprint density at radius 3 is 2.77 bits per heavy atom. The lowest BCUT2D eigenvalue weighted by Gasteiger charge is -2.05. The highest BCUT2D eigenvalue weighted by molar-refractivity contribution is 9.10. The van der Waals surface area contributed by atoms with Crippen molar-refractivity contribution < 1.29 is 9.53 Å². The minimum Gasteiger partial charge on any atom is -0.478 e. The summed E-state index contributed by atoms with van der Waals surface area (Å²) < 4.78 is 5.97. The predicted octanol–water partition coefficient (Wildman–Crippen LogP) is 3.12. The van der Waals surface area contributed by atoms with Crippen LogP contribution in [0.5, 0.6) is 5.75 Å². The molecular weight excluding hydrogens is 346 g/mol. The average Bonchev–Trinajstić information content (AvgIpc) is 2.54. The van der Waals surface area contributed by atoms with Gasteiger partial charge in [0.15, 0.2) is 6.61 Å². The predicted molar refractivity (Wildman–Crippen MR) is 86.8 cm³/mol. The summed E-state index contributed by atoms with van der Waals surface area (Å²) in [5.41, 5.74) is 3.62. The summed E-state index contributed by atoms with van der Waals surface area (Å²) in [5, 5.41) is 12.5. The lowest BCUT2D eigenvalue weighted by atomic mass is 10.2. The summed E-state index contributed by atoms with van der Waals surface area (Å²) in [6, 6.07) is 16.1. The average molecular weight is 358 g/mol. The van der Waals surface area contributed by atoms with E-state index in [1.165, 1.54) is 6.21 Å². The topological polar surface area (TPSA) is 74.5 Å². The van der Waals surface area contributed by atoms with Crippen LogP contribution < -0.4 is 10.2 Å². The van der Waals surface area contributed by atoms with Gasteiger partial charge in [0.1, 0.15) is 11.8 Å². The number of rotatable bonds is 5. The van der Waals surface area contributed by atoms with Gasteiger partial charge in [-0.3, -0.25) is 4.79 Å². The maximum atomic E-state index is 12.0. The van der Waals surface area contributed by atoms with Crippen molar-refractivity contribution >= 4 is 28.1 Å². The van der Waals surface area contributed by atoms with Gasteiger partial charge >= 0.3 is 0 Å². The third kappa shape index (κ3) is 4.17. The van der Waals surface area contributed by atoms with Gasteiger partial charge in [0, 0.05) is 10.0 Å². The quantitative estimate of drug-likeness (QED) is 0.659. The first-order valence-corrected chi connectivity index (χ1v) is 7.18. The molecule has 110 valence electrons. The van der Waals surface area contributed by atoms with E-state index >= 15 is 0 Å². The molecule has 2 rings (SSSR count). The van der Waals surface area contributed by atoms with Crippen LogP contribution in [0, 0.1) is 11.3 Å². The minimum atomic E-state index is -0.320. The molecule has 0 bridgehead atoms. The van der Waals surface area contributed by atoms with Crippen LogP contribution in [0.4, 0.5) is 0 Å². The van der Waals surface area contributed by atoms with Gasteiger partial charge in [-0.1, -0.05) is 24.3 Å². The van der Waals surface area contributed by atoms with Gasteiger partial charge in [0.25, 0.3) is 5.91 Å². The fraction of sp³-hybridized carbons (Fsp3) is 0.0625. The van der Waals surface area contributed by atoms with Crippen LogP contribution in [0.1, 0.15) is 15.9 Å². The first-order chi connectivity index (χ1) is 10.7. The molecule has 0 aromatic heterocycles. The third-order valence-electron chi connectivity index (χ3n) is 2.70. The summed E-state index contributed by atoms with van der Waals surface area (Å²) in [4.78, 5) is 12.0. The lowest BCUT2D eigenvalue weighted by molar-refractivity contribution is 0.0954. The van der Waals surface area contributed by atoms with E-state index in [0.29, 0.717) is 21.3 Å². The number of amides is 1. The van der Waals surface area contributed by atoms with Crippen LogP contribution >= 0.6 is 15.9 Å². The molecule has 0 saturated heterocycles. The van der Waals surface area contributed by atoms with Crippen molar-refractivity contribution in [1.82, 2.24) is 5.43 Å². The molecule has 0 unspecified atom stereocenters. The van der Waals surface area contributed by atoms with E-state index in [1.54, 1.807) is 36.4 Å². The zero-order valence-electron chi connectivity index (χ0n) is 11.5. The Labute approximate surface area is 136 Å². The number of nitrogens with one attached hydrogen (secondary N) is 1. The van der Waals surface area contributed by atoms with E-state index in [2.05, 4.69) is 26.5 Å². The number of nitriles is 1. The second-order valence-corrected chi connectivity index (χ2v) is 5.02. The molecule has 0 spiro atoms. The Kier molecular flexibility index (Phi) is 5.69. The van der Waals surface area contributed by atoms with Crippen LogP contribution in [-0.2, 0) is 0 Å². The number of hydrogen-bond acceptors (Lipinski definition) is 4. The fourth-order valence-electron chi connectivity index (χ4n) is 1.69. The molecule has 1 amide bonds. The van der Waals surface area contributed by atoms with Crippen LogP contribution in [0.3, 0.4) is 0 Å². The fourth-order valence-corrected chi connectivity index (χ4v) is 2.16. The largest absolute Gasteiger partial charge is 0.478 e. The number of hydrazone groups is 1. The molecule has 0 aliphatic carbocycles. The smallest absolute Gasteiger partial charge is 0.272 e. The van der Waals surface area contributed by atoms with Gasteiger partial charge in [-0.15, -0.1) is 0 Å². The maximum absolute atomic E-state index is 12.0. The molecule has 0 fully saturated rings. The molecule has 0 atom stereocenters. The summed E-state index contributed by atoms with van der Waals surface area (Å²) in [7, 11) is 0. The zero-order chi connectivity index (χ0) is 15.8. The van der Waals surface area contributed by atoms with Crippen molar-refractivity contribution in [3.8, 4) is 11.8 Å². The van der Waals surface area contributed by atoms with E-state index in [0.717, 1.165) is 0 Å². The Balaban J connectivity index is 2.06. The second kappa shape index (κ2) is 7.96. The first-order valence-electron chi connectivity index (χ1n) is 6.39. The van der Waals surface area contributed by atoms with Gasteiger partial charge < -0.3 is 4.74 Å². The zero-order valence-corrected chi connectivity index (χ0v) is 13.1. The van der Waals surface area contributed by atoms with Gasteiger partial charge in [-0.2, -0.15) is 10.4 Å². The van der Waals surface area contributed by atoms with Crippen LogP contribution in [0.2, 0.25) is 0 Å². The number of para-hydroxylation sites is 1. The highest BCUT2D eigenvalue weighted by Gasteiger charge is 2.07. The molecule has 2 aromatic carbocycles. The molecule has 2 aromatic rings. The standard InChI is InChI=1S/C16H12BrN3O2/c17-14-7-3-2-6-13(14)16(21)20-19-11-12-5-1-4-8-15(12)22-10-9-18/h1-8,11H,10H2,(H,20,21)/b19-11-. The van der Waals surface area contributed by atoms with Crippen LogP contribution in [0.25, 0.3) is 0 Å². The van der Waals surface area contributed by atoms with E-state index in [1.807, 2.05) is 18.2 Å². The number of nitrogens with zero attached hydrogens (tertiary/aromatic N) is 2. The molecule has 0 aliphatic rings. The van der Waals surface area contributed by atoms with E-state index in [4.69, 9.17) is 10.00 Å². The van der Waals surface area contributed by atoms with Gasteiger partial charge in [-0.25, -0.2) is 5.43 Å². The number of ether oxygens (including phenoxy) is 1. The number of hydrogen-bond donors (Lipinski definition) is 1. The van der Waals surface area contributed by atoms with Gasteiger partial charge in [0.05, 0.1) is 11.8 Å². The molecule has 0 aliphatic heterocycles. The maximum Gasteiger partial charge on any atom is 0.272 e. The highest BCUT2D eigenvalue weighted by Crippen LogP contribution is 2.16. The molecule has 6 heteroatoms. The molecule has 0 saturated carbocycles. The van der Waals surface area contributed by atoms with Crippen molar-refractivity contribution in [2.75, 3.05) is 6.61 Å². The summed E-state index contributed by atoms with van der Waals surface area (Å²) in [6.07, 6.45) is 1.47. The Hall–Kier alpha value is -2.65. The van der Waals surface area contributed by atoms with E-state index in [9.17, 15) is 4.79 Å². The monoisotopic (exact) mass is 357 g/mol. The summed E-state index contributed by atoms with van der Waals surface area (Å²) >= 11 is 3.31. The van der Waals surface area contributed by atoms with Crippen LogP contribution in [0.15, 0.2) is 58.1 Å². The van der Waals surface area contributed by atoms with Gasteiger partial charge in [-0.05, 0) is 40.2 Å². The highest BCUT2D eigenvalue weighted by atomic mass is 79.9. The second-order valence-electron chi connectivity index (χ2n) is 4.16. The number of carbonyl (C=O) groups is 1. The Morgan fingerprint density at radius 2 is 2.00 bits per heavy atom. The van der Waals surface area contributed by atoms with E-state index < -0.39 is 0 Å². The molecule has 1 N–H and O–H groups in total. The van der Waals surface area contributed by atoms with Crippen LogP contribution in [-0.4, -0.2) is 18.7 Å². The lowest BCUT2D eigenvalue weighted by Crippen LogP contribution is -2.18. The Bertz CT molecular complexity index is 738. The SMILES string of the molecule is N#CCOc1ccccc1/C=N\NC(=O)c1ccccc1Br. The molecule has 5 nitrogen and oxygen atoms in total. The van der Waals surface area contributed by atoms with Crippen molar-refractivity contribution in [1.29, 1.82) is 5.26 Å². The minimum absolute atomic E-state index is 0.0474. The molecule has 22 heavy (non-hydrogen) atoms. The van der Waals surface area contributed by atoms with Crippen molar-refractivity contribution in [3.63, 3.8) is 0 Å². The van der Waals surface area contributed by atoms with Crippen molar-refractivity contribution in [2.24, 2.45) is 5.10 Å². The normalized spacial score (nSPS) is 10.2. The van der Waals surface area contributed by atoms with E-state index in [-0.39, 0.29) is 12.5 Å². The molecule has 0 heterocycles.